The fraction of sp³-hybridized carbons (Fsp3) is 0.688. The fourth-order valence-corrected chi connectivity index (χ4v) is 3.89. The van der Waals surface area contributed by atoms with E-state index in [9.17, 15) is 0 Å². The van der Waals surface area contributed by atoms with E-state index in [-0.39, 0.29) is 28.7 Å². The number of ether oxygens (including phenoxy) is 1. The maximum atomic E-state index is 5.51. The standard InChI is InChI=1S/C16H27N3O2S.HI/c1-3-22-16(7-11-20-12-8-16)13-19-15(17-2)18-9-6-14-5-4-10-21-14;/h4-5,10H,3,6-9,11-13H2,1-2H3,(H2,17,18,19);1H. The highest BCUT2D eigenvalue weighted by molar-refractivity contribution is 14.0. The Morgan fingerprint density at radius 1 is 1.35 bits per heavy atom. The van der Waals surface area contributed by atoms with E-state index in [0.717, 1.165) is 63.0 Å². The molecule has 0 saturated carbocycles. The number of guanidine groups is 1. The summed E-state index contributed by atoms with van der Waals surface area (Å²) < 4.78 is 11.1. The molecule has 1 aromatic rings. The van der Waals surface area contributed by atoms with Crippen molar-refractivity contribution in [3.63, 3.8) is 0 Å². The van der Waals surface area contributed by atoms with Crippen molar-refractivity contribution in [1.82, 2.24) is 10.6 Å². The molecule has 0 bridgehead atoms. The maximum Gasteiger partial charge on any atom is 0.191 e. The zero-order chi connectivity index (χ0) is 15.7. The van der Waals surface area contributed by atoms with Crippen LogP contribution in [-0.2, 0) is 11.2 Å². The Bertz CT molecular complexity index is 443. The molecule has 0 aromatic carbocycles. The van der Waals surface area contributed by atoms with Crippen molar-refractivity contribution in [3.8, 4) is 0 Å². The molecule has 5 nitrogen and oxygen atoms in total. The van der Waals surface area contributed by atoms with Crippen LogP contribution in [0, 0.1) is 0 Å². The SMILES string of the molecule is CCSC1(CNC(=NC)NCCc2ccco2)CCOCC1.I. The van der Waals surface area contributed by atoms with Crippen LogP contribution in [0.1, 0.15) is 25.5 Å². The number of nitrogens with one attached hydrogen (secondary N) is 2. The van der Waals surface area contributed by atoms with Gasteiger partial charge in [-0.3, -0.25) is 4.99 Å². The monoisotopic (exact) mass is 453 g/mol. The van der Waals surface area contributed by atoms with Crippen LogP contribution in [0.25, 0.3) is 0 Å². The van der Waals surface area contributed by atoms with Crippen molar-refractivity contribution in [3.05, 3.63) is 24.2 Å². The van der Waals surface area contributed by atoms with Crippen molar-refractivity contribution in [2.24, 2.45) is 4.99 Å². The Kier molecular flexibility index (Phi) is 10.0. The van der Waals surface area contributed by atoms with Gasteiger partial charge in [-0.05, 0) is 30.7 Å². The molecule has 1 aliphatic heterocycles. The molecule has 132 valence electrons. The topological polar surface area (TPSA) is 58.8 Å². The van der Waals surface area contributed by atoms with Gasteiger partial charge in [-0.15, -0.1) is 24.0 Å². The average molecular weight is 453 g/mol. The summed E-state index contributed by atoms with van der Waals surface area (Å²) in [6, 6.07) is 3.91. The zero-order valence-electron chi connectivity index (χ0n) is 14.0. The molecule has 2 heterocycles. The number of halogens is 1. The predicted molar refractivity (Wildman–Crippen MR) is 108 cm³/mol. The molecule has 0 amide bonds. The van der Waals surface area contributed by atoms with Gasteiger partial charge in [0.25, 0.3) is 0 Å². The summed E-state index contributed by atoms with van der Waals surface area (Å²) in [6.45, 7) is 5.68. The van der Waals surface area contributed by atoms with Crippen LogP contribution < -0.4 is 10.6 Å². The Hall–Kier alpha value is -0.410. The summed E-state index contributed by atoms with van der Waals surface area (Å²) in [5.41, 5.74) is 0. The minimum Gasteiger partial charge on any atom is -0.469 e. The van der Waals surface area contributed by atoms with Crippen LogP contribution in [0.4, 0.5) is 0 Å². The van der Waals surface area contributed by atoms with Crippen molar-refractivity contribution in [2.75, 3.05) is 39.1 Å². The third-order valence-electron chi connectivity index (χ3n) is 3.90. The minimum atomic E-state index is 0. The van der Waals surface area contributed by atoms with Gasteiger partial charge in [-0.2, -0.15) is 11.8 Å². The third-order valence-corrected chi connectivity index (χ3v) is 5.35. The van der Waals surface area contributed by atoms with Crippen molar-refractivity contribution in [1.29, 1.82) is 0 Å². The Balaban J connectivity index is 0.00000264. The smallest absolute Gasteiger partial charge is 0.191 e. The highest BCUT2D eigenvalue weighted by Gasteiger charge is 2.32. The lowest BCUT2D eigenvalue weighted by atomic mass is 9.99. The maximum absolute atomic E-state index is 5.51. The predicted octanol–water partition coefficient (Wildman–Crippen LogP) is 2.91. The number of nitrogens with zero attached hydrogens (tertiary/aromatic N) is 1. The molecule has 7 heteroatoms. The van der Waals surface area contributed by atoms with Gasteiger partial charge in [0, 0.05) is 44.5 Å². The van der Waals surface area contributed by atoms with Crippen LogP contribution in [0.15, 0.2) is 27.8 Å². The van der Waals surface area contributed by atoms with Gasteiger partial charge >= 0.3 is 0 Å². The molecule has 2 N–H and O–H groups in total. The largest absolute Gasteiger partial charge is 0.469 e. The summed E-state index contributed by atoms with van der Waals surface area (Å²) in [7, 11) is 1.81. The molecule has 0 aliphatic carbocycles. The van der Waals surface area contributed by atoms with Gasteiger partial charge in [0.15, 0.2) is 5.96 Å². The van der Waals surface area contributed by atoms with E-state index >= 15 is 0 Å². The lowest BCUT2D eigenvalue weighted by Gasteiger charge is -2.37. The summed E-state index contributed by atoms with van der Waals surface area (Å²) in [6.07, 6.45) is 4.76. The van der Waals surface area contributed by atoms with Crippen molar-refractivity contribution in [2.45, 2.75) is 30.9 Å². The van der Waals surface area contributed by atoms with Gasteiger partial charge in [-0.1, -0.05) is 6.92 Å². The number of thioether (sulfide) groups is 1. The Morgan fingerprint density at radius 3 is 2.74 bits per heavy atom. The van der Waals surface area contributed by atoms with Crippen LogP contribution >= 0.6 is 35.7 Å². The summed E-state index contributed by atoms with van der Waals surface area (Å²) in [5, 5.41) is 6.82. The van der Waals surface area contributed by atoms with E-state index in [4.69, 9.17) is 9.15 Å². The first kappa shape index (κ1) is 20.6. The number of aliphatic imine (C=N–C) groups is 1. The molecule has 1 fully saturated rings. The number of hydrogen-bond donors (Lipinski definition) is 2. The summed E-state index contributed by atoms with van der Waals surface area (Å²) >= 11 is 2.03. The molecule has 1 aliphatic rings. The van der Waals surface area contributed by atoms with E-state index in [1.165, 1.54) is 0 Å². The fourth-order valence-electron chi connectivity index (χ4n) is 2.65. The first-order valence-corrected chi connectivity index (χ1v) is 8.95. The molecule has 1 saturated heterocycles. The van der Waals surface area contributed by atoms with Gasteiger partial charge < -0.3 is 19.8 Å². The highest BCUT2D eigenvalue weighted by atomic mass is 127. The Labute approximate surface area is 160 Å². The second-order valence-electron chi connectivity index (χ2n) is 5.41. The Morgan fingerprint density at radius 2 is 2.13 bits per heavy atom. The number of rotatable bonds is 7. The number of furan rings is 1. The van der Waals surface area contributed by atoms with E-state index in [1.54, 1.807) is 6.26 Å². The minimum absolute atomic E-state index is 0. The zero-order valence-corrected chi connectivity index (χ0v) is 17.1. The molecular formula is C16H28IN3O2S. The van der Waals surface area contributed by atoms with Gasteiger partial charge in [0.1, 0.15) is 5.76 Å². The van der Waals surface area contributed by atoms with Crippen LogP contribution in [0.3, 0.4) is 0 Å². The molecule has 0 spiro atoms. The molecule has 0 unspecified atom stereocenters. The lowest BCUT2D eigenvalue weighted by molar-refractivity contribution is 0.0782. The van der Waals surface area contributed by atoms with Crippen molar-refractivity contribution < 1.29 is 9.15 Å². The normalized spacial score (nSPS) is 17.4. The van der Waals surface area contributed by atoms with E-state index in [0.29, 0.717) is 0 Å². The van der Waals surface area contributed by atoms with Crippen LogP contribution in [0.2, 0.25) is 0 Å². The van der Waals surface area contributed by atoms with Gasteiger partial charge in [-0.25, -0.2) is 0 Å². The van der Waals surface area contributed by atoms with Crippen LogP contribution in [0.5, 0.6) is 0 Å². The molecule has 23 heavy (non-hydrogen) atoms. The summed E-state index contributed by atoms with van der Waals surface area (Å²) in [4.78, 5) is 4.31. The quantitative estimate of drug-likeness (QED) is 0.378. The van der Waals surface area contributed by atoms with Gasteiger partial charge in [0.2, 0.25) is 0 Å². The second kappa shape index (κ2) is 11.2. The van der Waals surface area contributed by atoms with Crippen molar-refractivity contribution >= 4 is 41.7 Å². The average Bonchev–Trinajstić information content (AvgIpc) is 3.05. The molecule has 2 rings (SSSR count). The lowest BCUT2D eigenvalue weighted by Crippen LogP contribution is -2.48. The molecular weight excluding hydrogens is 425 g/mol. The third kappa shape index (κ3) is 6.93. The first-order valence-electron chi connectivity index (χ1n) is 7.96. The first-order chi connectivity index (χ1) is 10.8. The number of hydrogen-bond acceptors (Lipinski definition) is 4. The second-order valence-corrected chi connectivity index (χ2v) is 7.14. The van der Waals surface area contributed by atoms with E-state index in [1.807, 2.05) is 30.9 Å². The molecule has 1 aromatic heterocycles. The molecule has 0 radical (unpaired) electrons. The van der Waals surface area contributed by atoms with Crippen LogP contribution in [-0.4, -0.2) is 49.8 Å². The van der Waals surface area contributed by atoms with E-state index in [2.05, 4.69) is 22.5 Å². The van der Waals surface area contributed by atoms with E-state index < -0.39 is 0 Å². The van der Waals surface area contributed by atoms with Gasteiger partial charge in [0.05, 0.1) is 6.26 Å². The summed E-state index contributed by atoms with van der Waals surface area (Å²) in [5.74, 6) is 2.98. The highest BCUT2D eigenvalue weighted by Crippen LogP contribution is 2.34. The molecule has 0 atom stereocenters.